The number of nitrogens with zero attached hydrogens (tertiary/aromatic N) is 5. The topological polar surface area (TPSA) is 77.3 Å². The molecule has 1 aliphatic carbocycles. The predicted molar refractivity (Wildman–Crippen MR) is 123 cm³/mol. The fourth-order valence-corrected chi connectivity index (χ4v) is 4.96. The highest BCUT2D eigenvalue weighted by Gasteiger charge is 2.42. The molecule has 1 saturated carbocycles. The minimum Gasteiger partial charge on any atom is -0.481 e. The lowest BCUT2D eigenvalue weighted by Gasteiger charge is -2.39. The number of hydrogen-bond donors (Lipinski definition) is 1. The van der Waals surface area contributed by atoms with E-state index in [9.17, 15) is 8.78 Å². The van der Waals surface area contributed by atoms with Crippen molar-refractivity contribution in [3.63, 3.8) is 0 Å². The minimum atomic E-state index is -1.05. The van der Waals surface area contributed by atoms with E-state index in [2.05, 4.69) is 25.3 Å². The molecule has 2 atom stereocenters. The number of piperidine rings is 1. The standard InChI is InChI=1S/C24H28F2N6O2/c1-14(2)32-24(34-19-6-4-5-18(25)21(19)26)29-23(30-32)28-22-15-7-8-16(22)13-31(12-15)17-9-10-27-20(11-17)33-3/h4-6,9-11,14-16,22H,7-8,12-13H2,1-3H3,(H,28,30)/t15-,16-/m1/s1. The number of pyridine rings is 1. The van der Waals surface area contributed by atoms with Crippen molar-refractivity contribution in [2.45, 2.75) is 38.8 Å². The largest absolute Gasteiger partial charge is 0.481 e. The second kappa shape index (κ2) is 9.08. The number of fused-ring (bicyclic) bond motifs is 2. The first kappa shape index (κ1) is 22.4. The number of aromatic nitrogens is 4. The number of benzene rings is 1. The van der Waals surface area contributed by atoms with Crippen LogP contribution in [0, 0.1) is 23.5 Å². The second-order valence-electron chi connectivity index (χ2n) is 9.14. The molecule has 3 aromatic rings. The van der Waals surface area contributed by atoms with Gasteiger partial charge >= 0.3 is 6.01 Å². The van der Waals surface area contributed by atoms with Crippen LogP contribution < -0.4 is 19.7 Å². The number of hydrogen-bond acceptors (Lipinski definition) is 7. The Hall–Kier alpha value is -3.43. The molecular formula is C24H28F2N6O2. The summed E-state index contributed by atoms with van der Waals surface area (Å²) in [6, 6.07) is 8.06. The molecule has 10 heteroatoms. The molecule has 0 amide bonds. The lowest BCUT2D eigenvalue weighted by atomic mass is 9.92. The number of rotatable bonds is 7. The van der Waals surface area contributed by atoms with E-state index >= 15 is 0 Å². The zero-order chi connectivity index (χ0) is 23.8. The van der Waals surface area contributed by atoms with Crippen LogP contribution >= 0.6 is 0 Å². The van der Waals surface area contributed by atoms with Gasteiger partial charge in [0.05, 0.1) is 13.2 Å². The normalized spacial score (nSPS) is 21.7. The Morgan fingerprint density at radius 1 is 1.12 bits per heavy atom. The fourth-order valence-electron chi connectivity index (χ4n) is 4.96. The fraction of sp³-hybridized carbons (Fsp3) is 0.458. The van der Waals surface area contributed by atoms with Gasteiger partial charge < -0.3 is 19.7 Å². The summed E-state index contributed by atoms with van der Waals surface area (Å²) >= 11 is 0. The molecule has 5 rings (SSSR count). The van der Waals surface area contributed by atoms with Gasteiger partial charge in [0.25, 0.3) is 0 Å². The molecule has 34 heavy (non-hydrogen) atoms. The van der Waals surface area contributed by atoms with Crippen LogP contribution in [0.25, 0.3) is 0 Å². The Balaban J connectivity index is 1.33. The summed E-state index contributed by atoms with van der Waals surface area (Å²) in [6.45, 7) is 5.67. The zero-order valence-electron chi connectivity index (χ0n) is 19.4. The molecule has 1 aliphatic heterocycles. The minimum absolute atomic E-state index is 0.0742. The third kappa shape index (κ3) is 4.24. The lowest BCUT2D eigenvalue weighted by Crippen LogP contribution is -2.48. The van der Waals surface area contributed by atoms with Gasteiger partial charge in [-0.3, -0.25) is 0 Å². The summed E-state index contributed by atoms with van der Waals surface area (Å²) in [5.74, 6) is -0.350. The molecule has 0 radical (unpaired) electrons. The summed E-state index contributed by atoms with van der Waals surface area (Å²) in [7, 11) is 1.62. The van der Waals surface area contributed by atoms with Crippen LogP contribution in [-0.2, 0) is 0 Å². The van der Waals surface area contributed by atoms with Gasteiger partial charge in [-0.25, -0.2) is 14.1 Å². The molecule has 2 aromatic heterocycles. The number of methoxy groups -OCH3 is 1. The van der Waals surface area contributed by atoms with Crippen molar-refractivity contribution in [2.24, 2.45) is 11.8 Å². The van der Waals surface area contributed by atoms with E-state index < -0.39 is 11.6 Å². The van der Waals surface area contributed by atoms with E-state index in [-0.39, 0.29) is 23.8 Å². The predicted octanol–water partition coefficient (Wildman–Crippen LogP) is 4.66. The molecule has 0 unspecified atom stereocenters. The Bertz CT molecular complexity index is 1160. The van der Waals surface area contributed by atoms with E-state index in [1.807, 2.05) is 26.0 Å². The second-order valence-corrected chi connectivity index (χ2v) is 9.14. The van der Waals surface area contributed by atoms with Crippen LogP contribution in [0.5, 0.6) is 17.6 Å². The monoisotopic (exact) mass is 470 g/mol. The number of halogens is 2. The maximum Gasteiger partial charge on any atom is 0.322 e. The highest BCUT2D eigenvalue weighted by Crippen LogP contribution is 2.40. The van der Waals surface area contributed by atoms with E-state index in [4.69, 9.17) is 9.47 Å². The van der Waals surface area contributed by atoms with Gasteiger partial charge in [-0.05, 0) is 56.7 Å². The van der Waals surface area contributed by atoms with E-state index in [0.29, 0.717) is 23.7 Å². The van der Waals surface area contributed by atoms with Crippen molar-refractivity contribution in [3.05, 3.63) is 48.2 Å². The Kier molecular flexibility index (Phi) is 5.97. The smallest absolute Gasteiger partial charge is 0.322 e. The number of anilines is 2. The van der Waals surface area contributed by atoms with Crippen LogP contribution in [0.15, 0.2) is 36.5 Å². The molecule has 3 heterocycles. The van der Waals surface area contributed by atoms with Gasteiger partial charge in [-0.2, -0.15) is 9.37 Å². The van der Waals surface area contributed by atoms with Gasteiger partial charge in [-0.15, -0.1) is 5.10 Å². The average Bonchev–Trinajstić information content (AvgIpc) is 3.32. The van der Waals surface area contributed by atoms with Crippen LogP contribution in [-0.4, -0.2) is 46.0 Å². The molecule has 1 N–H and O–H groups in total. The third-order valence-corrected chi connectivity index (χ3v) is 6.63. The molecule has 2 fully saturated rings. The van der Waals surface area contributed by atoms with E-state index in [1.54, 1.807) is 18.0 Å². The van der Waals surface area contributed by atoms with E-state index in [0.717, 1.165) is 37.7 Å². The van der Waals surface area contributed by atoms with Crippen molar-refractivity contribution in [1.82, 2.24) is 19.7 Å². The van der Waals surface area contributed by atoms with Crippen molar-refractivity contribution >= 4 is 11.6 Å². The van der Waals surface area contributed by atoms with Crippen molar-refractivity contribution < 1.29 is 18.3 Å². The van der Waals surface area contributed by atoms with Crippen LogP contribution in [0.1, 0.15) is 32.7 Å². The van der Waals surface area contributed by atoms with Crippen LogP contribution in [0.3, 0.4) is 0 Å². The summed E-state index contributed by atoms with van der Waals surface area (Å²) in [5.41, 5.74) is 1.11. The molecule has 1 aromatic carbocycles. The molecule has 2 aliphatic rings. The highest BCUT2D eigenvalue weighted by molar-refractivity contribution is 5.49. The third-order valence-electron chi connectivity index (χ3n) is 6.63. The van der Waals surface area contributed by atoms with Gasteiger partial charge in [0.2, 0.25) is 17.6 Å². The Labute approximate surface area is 196 Å². The number of nitrogens with one attached hydrogen (secondary N) is 1. The number of ether oxygens (including phenoxy) is 2. The Morgan fingerprint density at radius 2 is 1.88 bits per heavy atom. The molecular weight excluding hydrogens is 442 g/mol. The van der Waals surface area contributed by atoms with Gasteiger partial charge in [-0.1, -0.05) is 6.07 Å². The summed E-state index contributed by atoms with van der Waals surface area (Å²) < 4.78 is 40.2. The molecule has 180 valence electrons. The van der Waals surface area contributed by atoms with Crippen LogP contribution in [0.2, 0.25) is 0 Å². The first-order valence-electron chi connectivity index (χ1n) is 11.5. The summed E-state index contributed by atoms with van der Waals surface area (Å²) in [4.78, 5) is 11.1. The Morgan fingerprint density at radius 3 is 2.59 bits per heavy atom. The summed E-state index contributed by atoms with van der Waals surface area (Å²) in [6.07, 6.45) is 4.00. The average molecular weight is 471 g/mol. The molecule has 2 bridgehead atoms. The maximum absolute atomic E-state index is 14.1. The molecule has 0 spiro atoms. The molecule has 1 saturated heterocycles. The zero-order valence-corrected chi connectivity index (χ0v) is 19.4. The SMILES string of the molecule is COc1cc(N2C[C@H]3CC[C@H](C2)C3Nc2nc(Oc3cccc(F)c3F)n(C(C)C)n2)ccn1. The van der Waals surface area contributed by atoms with Crippen molar-refractivity contribution in [1.29, 1.82) is 0 Å². The first-order chi connectivity index (χ1) is 16.4. The first-order valence-corrected chi connectivity index (χ1v) is 11.5. The van der Waals surface area contributed by atoms with Gasteiger partial charge in [0.15, 0.2) is 11.6 Å². The van der Waals surface area contributed by atoms with Crippen molar-refractivity contribution in [2.75, 3.05) is 30.4 Å². The van der Waals surface area contributed by atoms with Crippen LogP contribution in [0.4, 0.5) is 20.4 Å². The van der Waals surface area contributed by atoms with Crippen molar-refractivity contribution in [3.8, 4) is 17.6 Å². The molecule has 8 nitrogen and oxygen atoms in total. The summed E-state index contributed by atoms with van der Waals surface area (Å²) in [5, 5.41) is 8.07. The lowest BCUT2D eigenvalue weighted by molar-refractivity contribution is 0.352. The quantitative estimate of drug-likeness (QED) is 0.538. The van der Waals surface area contributed by atoms with Gasteiger partial charge in [0.1, 0.15) is 0 Å². The van der Waals surface area contributed by atoms with Gasteiger partial charge in [0, 0.05) is 37.1 Å². The van der Waals surface area contributed by atoms with E-state index in [1.165, 1.54) is 12.1 Å². The highest BCUT2D eigenvalue weighted by atomic mass is 19.2. The maximum atomic E-state index is 14.1.